The van der Waals surface area contributed by atoms with Crippen molar-refractivity contribution in [3.8, 4) is 0 Å². The first-order valence-corrected chi connectivity index (χ1v) is 17.9. The fourth-order valence-corrected chi connectivity index (χ4v) is 6.53. The number of nitrogens with one attached hydrogen (secondary N) is 1. The minimum absolute atomic E-state index is 0.0777. The van der Waals surface area contributed by atoms with E-state index >= 15 is 0 Å². The van der Waals surface area contributed by atoms with Gasteiger partial charge in [-0.15, -0.1) is 0 Å². The van der Waals surface area contributed by atoms with E-state index in [1.54, 1.807) is 0 Å². The number of methoxy groups -OCH3 is 1. The van der Waals surface area contributed by atoms with Gasteiger partial charge in [0.05, 0.1) is 11.0 Å². The van der Waals surface area contributed by atoms with Gasteiger partial charge in [0.25, 0.3) is 0 Å². The molecule has 0 heterocycles. The molecule has 0 bridgehead atoms. The Balaban J connectivity index is 1.73. The SMILES string of the molecule is CCCCCCCCCCCCCCCC(=S)N[C@@H]1C[C@H](COC(=O)OCc2ccccc2)C(OP(=O)(O)OC)[C@@H]1OC. The molecule has 2 N–H and O–H groups in total. The Hall–Kier alpha value is -1.55. The summed E-state index contributed by atoms with van der Waals surface area (Å²) < 4.78 is 38.7. The molecule has 1 aliphatic carbocycles. The van der Waals surface area contributed by atoms with E-state index in [0.29, 0.717) is 6.42 Å². The number of carbonyl (C=O) groups excluding carboxylic acids is 1. The first-order chi connectivity index (χ1) is 20.8. The Labute approximate surface area is 264 Å². The Morgan fingerprint density at radius 1 is 0.907 bits per heavy atom. The fraction of sp³-hybridized carbons (Fsp3) is 0.750. The molecule has 246 valence electrons. The molecule has 0 radical (unpaired) electrons. The summed E-state index contributed by atoms with van der Waals surface area (Å²) in [5.74, 6) is -0.443. The molecular formula is C32H54NO8PS. The van der Waals surface area contributed by atoms with Crippen LogP contribution < -0.4 is 5.32 Å². The van der Waals surface area contributed by atoms with E-state index in [4.69, 9.17) is 31.0 Å². The molecular weight excluding hydrogens is 589 g/mol. The third-order valence-electron chi connectivity index (χ3n) is 7.97. The van der Waals surface area contributed by atoms with Gasteiger partial charge in [-0.25, -0.2) is 9.36 Å². The predicted molar refractivity (Wildman–Crippen MR) is 173 cm³/mol. The van der Waals surface area contributed by atoms with Gasteiger partial charge >= 0.3 is 14.0 Å². The van der Waals surface area contributed by atoms with E-state index < -0.39 is 32.1 Å². The maximum Gasteiger partial charge on any atom is 0.508 e. The molecule has 9 nitrogen and oxygen atoms in total. The number of thiocarbonyl (C=S) groups is 1. The number of carbonyl (C=O) groups is 1. The minimum Gasteiger partial charge on any atom is -0.434 e. The standard InChI is InChI=1S/C32H54NO8PS/c1-4-5-6-7-8-9-10-11-12-13-14-15-19-22-29(43)33-28-23-27(30(31(28)37-2)41-42(35,36)38-3)25-40-32(34)39-24-26-20-17-16-18-21-26/h16-18,20-21,27-28,30-31H,4-15,19,22-25H2,1-3H3,(H,33,43)(H,35,36)/t27-,28-,30?,31-/m1/s1. The molecule has 0 aromatic heterocycles. The van der Waals surface area contributed by atoms with Crippen molar-refractivity contribution in [2.45, 2.75) is 128 Å². The molecule has 0 spiro atoms. The van der Waals surface area contributed by atoms with Gasteiger partial charge in [-0.3, -0.25) is 9.05 Å². The van der Waals surface area contributed by atoms with Gasteiger partial charge in [-0.1, -0.05) is 127 Å². The summed E-state index contributed by atoms with van der Waals surface area (Å²) in [5.41, 5.74) is 0.837. The first kappa shape index (κ1) is 37.6. The van der Waals surface area contributed by atoms with Gasteiger partial charge in [0.2, 0.25) is 0 Å². The molecule has 2 unspecified atom stereocenters. The highest BCUT2D eigenvalue weighted by Crippen LogP contribution is 2.48. The molecule has 0 aliphatic heterocycles. The molecule has 11 heteroatoms. The van der Waals surface area contributed by atoms with Gasteiger partial charge in [0, 0.05) is 20.1 Å². The van der Waals surface area contributed by atoms with Crippen molar-refractivity contribution in [2.75, 3.05) is 20.8 Å². The van der Waals surface area contributed by atoms with Crippen LogP contribution in [0.15, 0.2) is 30.3 Å². The number of benzene rings is 1. The van der Waals surface area contributed by atoms with Crippen LogP contribution in [0.5, 0.6) is 0 Å². The number of ether oxygens (including phenoxy) is 3. The Bertz CT molecular complexity index is 953. The second kappa shape index (κ2) is 22.0. The Kier molecular flexibility index (Phi) is 19.3. The zero-order valence-electron chi connectivity index (χ0n) is 26.4. The maximum absolute atomic E-state index is 12.3. The monoisotopic (exact) mass is 643 g/mol. The number of hydrogen-bond acceptors (Lipinski definition) is 8. The largest absolute Gasteiger partial charge is 0.508 e. The molecule has 1 saturated carbocycles. The Morgan fingerprint density at radius 2 is 1.49 bits per heavy atom. The third kappa shape index (κ3) is 15.8. The number of unbranched alkanes of at least 4 members (excludes halogenated alkanes) is 12. The number of phosphoric acid groups is 1. The van der Waals surface area contributed by atoms with Crippen LogP contribution in [0.1, 0.15) is 109 Å². The number of rotatable bonds is 23. The summed E-state index contributed by atoms with van der Waals surface area (Å²) in [6, 6.07) is 9.00. The van der Waals surface area contributed by atoms with Gasteiger partial charge in [0.1, 0.15) is 25.4 Å². The molecule has 2 rings (SSSR count). The zero-order chi connectivity index (χ0) is 31.3. The van der Waals surface area contributed by atoms with Crippen LogP contribution in [0, 0.1) is 5.92 Å². The summed E-state index contributed by atoms with van der Waals surface area (Å²) in [5, 5.41) is 3.36. The van der Waals surface area contributed by atoms with Crippen LogP contribution in [0.25, 0.3) is 0 Å². The van der Waals surface area contributed by atoms with Crippen LogP contribution in [0.2, 0.25) is 0 Å². The van der Waals surface area contributed by atoms with Crippen molar-refractivity contribution in [1.29, 1.82) is 0 Å². The highest BCUT2D eigenvalue weighted by atomic mass is 32.1. The van der Waals surface area contributed by atoms with Gasteiger partial charge in [-0.2, -0.15) is 0 Å². The Morgan fingerprint density at radius 3 is 2.05 bits per heavy atom. The molecule has 1 aromatic carbocycles. The van der Waals surface area contributed by atoms with E-state index in [1.165, 1.54) is 77.7 Å². The maximum atomic E-state index is 12.3. The molecule has 1 aliphatic rings. The first-order valence-electron chi connectivity index (χ1n) is 16.0. The molecule has 0 amide bonds. The van der Waals surface area contributed by atoms with Gasteiger partial charge in [0.15, 0.2) is 0 Å². The van der Waals surface area contributed by atoms with Gasteiger partial charge in [-0.05, 0) is 24.8 Å². The second-order valence-corrected chi connectivity index (χ2v) is 13.4. The highest BCUT2D eigenvalue weighted by molar-refractivity contribution is 7.80. The van der Waals surface area contributed by atoms with Crippen LogP contribution in [-0.4, -0.2) is 55.1 Å². The lowest BCUT2D eigenvalue weighted by molar-refractivity contribution is -0.0317. The summed E-state index contributed by atoms with van der Waals surface area (Å²) >= 11 is 5.63. The number of hydrogen-bond donors (Lipinski definition) is 2. The van der Waals surface area contributed by atoms with Crippen LogP contribution in [-0.2, 0) is 34.4 Å². The normalized spacial score (nSPS) is 21.3. The molecule has 5 atom stereocenters. The minimum atomic E-state index is -4.33. The zero-order valence-corrected chi connectivity index (χ0v) is 28.1. The average molecular weight is 644 g/mol. The van der Waals surface area contributed by atoms with Crippen molar-refractivity contribution in [3.05, 3.63) is 35.9 Å². The summed E-state index contributed by atoms with van der Waals surface area (Å²) in [4.78, 5) is 23.0. The second-order valence-electron chi connectivity index (χ2n) is 11.4. The molecule has 43 heavy (non-hydrogen) atoms. The van der Waals surface area contributed by atoms with Crippen LogP contribution >= 0.6 is 20.0 Å². The summed E-state index contributed by atoms with van der Waals surface area (Å²) in [6.45, 7) is 2.26. The predicted octanol–water partition coefficient (Wildman–Crippen LogP) is 8.27. The average Bonchev–Trinajstić information content (AvgIpc) is 3.32. The quantitative estimate of drug-likeness (QED) is 0.0523. The lowest BCUT2D eigenvalue weighted by Crippen LogP contribution is -2.44. The van der Waals surface area contributed by atoms with Crippen LogP contribution in [0.3, 0.4) is 0 Å². The van der Waals surface area contributed by atoms with Crippen molar-refractivity contribution >= 4 is 31.2 Å². The molecule has 1 fully saturated rings. The van der Waals surface area contributed by atoms with E-state index in [-0.39, 0.29) is 19.3 Å². The van der Waals surface area contributed by atoms with Crippen molar-refractivity contribution in [1.82, 2.24) is 5.32 Å². The number of phosphoric ester groups is 1. The molecule has 0 saturated heterocycles. The van der Waals surface area contributed by atoms with E-state index in [1.807, 2.05) is 30.3 Å². The van der Waals surface area contributed by atoms with E-state index in [2.05, 4.69) is 16.8 Å². The van der Waals surface area contributed by atoms with Crippen molar-refractivity contribution < 1.29 is 37.5 Å². The van der Waals surface area contributed by atoms with E-state index in [9.17, 15) is 14.3 Å². The fourth-order valence-electron chi connectivity index (χ4n) is 5.55. The van der Waals surface area contributed by atoms with Crippen molar-refractivity contribution in [3.63, 3.8) is 0 Å². The summed E-state index contributed by atoms with van der Waals surface area (Å²) in [6.07, 6.45) is 15.7. The lowest BCUT2D eigenvalue weighted by atomic mass is 10.0. The highest BCUT2D eigenvalue weighted by Gasteiger charge is 2.48. The summed E-state index contributed by atoms with van der Waals surface area (Å²) in [7, 11) is -1.71. The third-order valence-corrected chi connectivity index (χ3v) is 9.26. The van der Waals surface area contributed by atoms with Gasteiger partial charge < -0.3 is 24.4 Å². The molecule has 1 aromatic rings. The van der Waals surface area contributed by atoms with Crippen molar-refractivity contribution in [2.24, 2.45) is 5.92 Å². The lowest BCUT2D eigenvalue weighted by Gasteiger charge is -2.27. The smallest absolute Gasteiger partial charge is 0.434 e. The van der Waals surface area contributed by atoms with Crippen LogP contribution in [0.4, 0.5) is 4.79 Å². The van der Waals surface area contributed by atoms with E-state index in [0.717, 1.165) is 36.9 Å². The topological polar surface area (TPSA) is 113 Å².